The summed E-state index contributed by atoms with van der Waals surface area (Å²) >= 11 is 1.06. The van der Waals surface area contributed by atoms with E-state index in [1.807, 2.05) is 0 Å². The summed E-state index contributed by atoms with van der Waals surface area (Å²) in [5.74, 6) is 0. The van der Waals surface area contributed by atoms with E-state index in [0.717, 1.165) is 17.4 Å². The summed E-state index contributed by atoms with van der Waals surface area (Å²) in [4.78, 5) is 17.0. The molecule has 6 heavy (non-hydrogen) atoms. The first-order valence-corrected chi connectivity index (χ1v) is 2.59. The van der Waals surface area contributed by atoms with Gasteiger partial charge in [0, 0.05) is 9.17 Å². The molecule has 6 heteroatoms. The van der Waals surface area contributed by atoms with Crippen LogP contribution in [0.15, 0.2) is 0 Å². The van der Waals surface area contributed by atoms with Gasteiger partial charge in [0.15, 0.2) is 0 Å². The summed E-state index contributed by atoms with van der Waals surface area (Å²) in [5.41, 5.74) is 0. The molecule has 0 bridgehead atoms. The topological polar surface area (TPSA) is 80.3 Å². The molecule has 0 heterocycles. The zero-order valence-electron chi connectivity index (χ0n) is 2.58. The third-order valence-electron chi connectivity index (χ3n) is 0. The minimum absolute atomic E-state index is 1.06. The van der Waals surface area contributed by atoms with E-state index >= 15 is 0 Å². The molecule has 0 radical (unpaired) electrons. The van der Waals surface area contributed by atoms with Crippen LogP contribution in [0.1, 0.15) is 0 Å². The summed E-state index contributed by atoms with van der Waals surface area (Å²) in [6.07, 6.45) is 0. The van der Waals surface area contributed by atoms with Gasteiger partial charge in [0.25, 0.3) is 0 Å². The van der Waals surface area contributed by atoms with Crippen molar-refractivity contribution in [1.29, 1.82) is 0 Å². The zero-order chi connectivity index (χ0) is 5.58. The summed E-state index contributed by atoms with van der Waals surface area (Å²) in [5, 5.41) is 0. The van der Waals surface area contributed by atoms with Crippen LogP contribution in [0.3, 0.4) is 0 Å². The predicted molar refractivity (Wildman–Crippen MR) is 7.13 cm³/mol. The Morgan fingerprint density at radius 3 is 1.33 bits per heavy atom. The Labute approximate surface area is 44.9 Å². The second-order valence-electron chi connectivity index (χ2n) is 0.250. The molecule has 0 saturated heterocycles. The molecule has 0 unspecified atom stereocenters. The molecule has 4 nitrogen and oxygen atoms in total. The Hall–Kier alpha value is 0.00130. The van der Waals surface area contributed by atoms with Gasteiger partial charge < -0.3 is 14.1 Å². The van der Waals surface area contributed by atoms with Crippen LogP contribution in [0.2, 0.25) is 0 Å². The van der Waals surface area contributed by atoms with Gasteiger partial charge in [0.2, 0.25) is 0 Å². The Morgan fingerprint density at radius 1 is 1.33 bits per heavy atom. The van der Waals surface area contributed by atoms with Gasteiger partial charge in [-0.25, -0.2) is 0 Å². The number of hydrogen-bond donors (Lipinski definition) is 0. The van der Waals surface area contributed by atoms with Crippen LogP contribution in [0.4, 0.5) is 0 Å². The molecular formula is O4SiV. The molecule has 0 aromatic heterocycles. The van der Waals surface area contributed by atoms with Crippen LogP contribution < -0.4 is 9.59 Å². The van der Waals surface area contributed by atoms with Crippen molar-refractivity contribution in [3.8, 4) is 0 Å². The fourth-order valence-corrected chi connectivity index (χ4v) is 0. The molecule has 0 aliphatic carbocycles. The summed E-state index contributed by atoms with van der Waals surface area (Å²) in [7, 11) is -3.63. The van der Waals surface area contributed by atoms with Crippen molar-refractivity contribution in [3.63, 3.8) is 0 Å². The van der Waals surface area contributed by atoms with E-state index in [2.05, 4.69) is 0 Å². The van der Waals surface area contributed by atoms with Crippen LogP contribution in [0, 0.1) is 0 Å². The molecule has 0 aromatic carbocycles. The van der Waals surface area contributed by atoms with E-state index in [4.69, 9.17) is 17.7 Å². The van der Waals surface area contributed by atoms with Crippen molar-refractivity contribution in [1.82, 2.24) is 0 Å². The van der Waals surface area contributed by atoms with Crippen molar-refractivity contribution in [2.24, 2.45) is 0 Å². The molecule has 0 aromatic rings. The van der Waals surface area contributed by atoms with Crippen molar-refractivity contribution in [2.75, 3.05) is 0 Å². The molecule has 0 spiro atoms. The van der Waals surface area contributed by atoms with Crippen LogP contribution in [-0.2, 0) is 25.5 Å². The molecule has 0 rings (SSSR count). The normalized spacial score (nSPS) is 5.00. The Balaban J connectivity index is 0. The quantitative estimate of drug-likeness (QED) is 0.338. The maximum absolute atomic E-state index is 8.52. The number of rotatable bonds is 0. The van der Waals surface area contributed by atoms with Crippen LogP contribution in [0.5, 0.6) is 0 Å². The fourth-order valence-electron chi connectivity index (χ4n) is 0. The molecule has 0 N–H and O–H groups in total. The fraction of sp³-hybridized carbons (Fsp3) is 0. The van der Waals surface area contributed by atoms with Crippen molar-refractivity contribution in [2.45, 2.75) is 0 Å². The third kappa shape index (κ3) is 21400000. The van der Waals surface area contributed by atoms with Gasteiger partial charge in [-0.15, -0.1) is 0 Å². The molecule has 0 atom stereocenters. The summed E-state index contributed by atoms with van der Waals surface area (Å²) < 4.78 is 16.7. The molecule has 0 saturated carbocycles. The van der Waals surface area contributed by atoms with E-state index < -0.39 is 9.17 Å². The van der Waals surface area contributed by atoms with Crippen LogP contribution >= 0.6 is 0 Å². The van der Waals surface area contributed by atoms with Gasteiger partial charge in [-0.1, -0.05) is 0 Å². The third-order valence-corrected chi connectivity index (χ3v) is 0. The van der Waals surface area contributed by atoms with E-state index in [1.165, 1.54) is 0 Å². The van der Waals surface area contributed by atoms with Gasteiger partial charge in [0.05, 0.1) is 0 Å². The van der Waals surface area contributed by atoms with Crippen molar-refractivity contribution in [3.05, 3.63) is 0 Å². The SMILES string of the molecule is O=[Si]([O-])[O-].[O]=[V+2]. The number of hydrogen-bond acceptors (Lipinski definition) is 4. The van der Waals surface area contributed by atoms with Crippen molar-refractivity contribution >= 4 is 9.17 Å². The predicted octanol–water partition coefficient (Wildman–Crippen LogP) is -3.00. The van der Waals surface area contributed by atoms with E-state index in [-0.39, 0.29) is 0 Å². The van der Waals surface area contributed by atoms with Crippen molar-refractivity contribution < 1.29 is 35.1 Å². The Kier molecular flexibility index (Phi) is 13.9. The van der Waals surface area contributed by atoms with E-state index in [0.29, 0.717) is 0 Å². The first-order valence-electron chi connectivity index (χ1n) is 0.795. The van der Waals surface area contributed by atoms with E-state index in [1.54, 1.807) is 0 Å². The van der Waals surface area contributed by atoms with Gasteiger partial charge in [0.1, 0.15) is 0 Å². The zero-order valence-corrected chi connectivity index (χ0v) is 4.98. The second kappa shape index (κ2) is 8.89. The Bertz CT molecular complexity index is 38.8. The first kappa shape index (κ1) is 9.38. The monoisotopic (exact) mass is 143 g/mol. The molecule has 0 fully saturated rings. The van der Waals surface area contributed by atoms with E-state index in [9.17, 15) is 0 Å². The average molecular weight is 143 g/mol. The molecule has 33 valence electrons. The molecule has 0 amide bonds. The van der Waals surface area contributed by atoms with Gasteiger partial charge in [-0.3, -0.25) is 0 Å². The maximum atomic E-state index is 8.52. The Morgan fingerprint density at radius 2 is 1.33 bits per heavy atom. The molecular weight excluding hydrogens is 143 g/mol. The first-order chi connectivity index (χ1) is 2.73. The summed E-state index contributed by atoms with van der Waals surface area (Å²) in [6, 6.07) is 0. The van der Waals surface area contributed by atoms with Gasteiger partial charge >= 0.3 is 21.0 Å². The second-order valence-corrected chi connectivity index (χ2v) is 0.750. The average Bonchev–Trinajstić information content (AvgIpc) is 1.41. The van der Waals surface area contributed by atoms with Gasteiger partial charge in [-0.05, 0) is 0 Å². The molecule has 0 aliphatic rings. The molecule has 0 aliphatic heterocycles. The minimum atomic E-state index is -3.63. The standard InChI is InChI=1S/O3Si.O.V/c1-4(2)3;;/q-2;;+2. The summed E-state index contributed by atoms with van der Waals surface area (Å²) in [6.45, 7) is 0. The van der Waals surface area contributed by atoms with Gasteiger partial charge in [-0.2, -0.15) is 0 Å². The van der Waals surface area contributed by atoms with Crippen LogP contribution in [-0.4, -0.2) is 9.17 Å². The van der Waals surface area contributed by atoms with Crippen LogP contribution in [0.25, 0.3) is 0 Å².